The van der Waals surface area contributed by atoms with Crippen LogP contribution in [-0.4, -0.2) is 42.1 Å². The second kappa shape index (κ2) is 17.2. The number of rotatable bonds is 17. The van der Waals surface area contributed by atoms with Gasteiger partial charge in [0.15, 0.2) is 5.76 Å². The van der Waals surface area contributed by atoms with Crippen molar-refractivity contribution in [2.24, 2.45) is 0 Å². The Balaban J connectivity index is 1.33. The Labute approximate surface area is 276 Å². The third-order valence-corrected chi connectivity index (χ3v) is 9.04. The molecule has 0 aliphatic carbocycles. The lowest BCUT2D eigenvalue weighted by Crippen LogP contribution is -2.38. The molecule has 1 aromatic heterocycles. The molecule has 0 fully saturated rings. The largest absolute Gasteiger partial charge is 0.519 e. The summed E-state index contributed by atoms with van der Waals surface area (Å²) in [6.45, 7) is 8.67. The lowest BCUT2D eigenvalue weighted by atomic mass is 9.84. The van der Waals surface area contributed by atoms with Crippen molar-refractivity contribution in [2.45, 2.75) is 70.3 Å². The van der Waals surface area contributed by atoms with E-state index in [0.717, 1.165) is 31.4 Å². The van der Waals surface area contributed by atoms with E-state index in [1.165, 1.54) is 16.7 Å². The lowest BCUT2D eigenvalue weighted by molar-refractivity contribution is -0.173. The zero-order valence-electron chi connectivity index (χ0n) is 27.3. The number of carbonyl (C=O) groups excluding carboxylic acids is 1. The van der Waals surface area contributed by atoms with Crippen LogP contribution < -0.4 is 11.1 Å². The molecule has 3 aromatic carbocycles. The van der Waals surface area contributed by atoms with Crippen LogP contribution in [0.2, 0.25) is 0 Å². The summed E-state index contributed by atoms with van der Waals surface area (Å²) in [4.78, 5) is 29.5. The van der Waals surface area contributed by atoms with Crippen LogP contribution in [0.1, 0.15) is 74.7 Å². The molecular weight excluding hydrogens is 600 g/mol. The molecule has 0 aliphatic heterocycles. The highest BCUT2D eigenvalue weighted by molar-refractivity contribution is 8.00. The first-order valence-electron chi connectivity index (χ1n) is 15.9. The molecule has 4 rings (SSSR count). The maximum atomic E-state index is 12.1. The SMILES string of the molecule is Cc1oc(=O)oc1CON(CCCCCCSC(c1ccccc1)(c1ccccc1)c1ccccc1)CCNC(=O)OC(C)(C)C. The van der Waals surface area contributed by atoms with Gasteiger partial charge in [0.2, 0.25) is 0 Å². The fourth-order valence-corrected chi connectivity index (χ4v) is 6.79. The number of aryl methyl sites for hydroxylation is 1. The van der Waals surface area contributed by atoms with Gasteiger partial charge in [0, 0.05) is 19.6 Å². The van der Waals surface area contributed by atoms with E-state index >= 15 is 0 Å². The van der Waals surface area contributed by atoms with Crippen LogP contribution in [0.4, 0.5) is 4.79 Å². The summed E-state index contributed by atoms with van der Waals surface area (Å²) in [5.41, 5.74) is 3.24. The van der Waals surface area contributed by atoms with Gasteiger partial charge in [0.1, 0.15) is 18.0 Å². The van der Waals surface area contributed by atoms with Crippen molar-refractivity contribution in [2.75, 3.05) is 25.4 Å². The highest BCUT2D eigenvalue weighted by Gasteiger charge is 2.36. The predicted molar refractivity (Wildman–Crippen MR) is 183 cm³/mol. The number of hydrogen-bond donors (Lipinski definition) is 1. The number of nitrogens with one attached hydrogen (secondary N) is 1. The van der Waals surface area contributed by atoms with Gasteiger partial charge < -0.3 is 18.9 Å². The number of thioether (sulfide) groups is 1. The number of amides is 1. The predicted octanol–water partition coefficient (Wildman–Crippen LogP) is 8.09. The molecule has 9 heteroatoms. The van der Waals surface area contributed by atoms with Crippen LogP contribution in [0.25, 0.3) is 0 Å². The minimum Gasteiger partial charge on any atom is -0.444 e. The first-order valence-corrected chi connectivity index (χ1v) is 16.9. The number of nitrogens with zero attached hydrogens (tertiary/aromatic N) is 1. The molecule has 0 spiro atoms. The summed E-state index contributed by atoms with van der Waals surface area (Å²) in [5.74, 6) is 0.998. The minimum atomic E-state index is -0.747. The van der Waals surface area contributed by atoms with Gasteiger partial charge in [-0.2, -0.15) is 5.06 Å². The highest BCUT2D eigenvalue weighted by Crippen LogP contribution is 2.48. The average Bonchev–Trinajstić information content (AvgIpc) is 3.37. The van der Waals surface area contributed by atoms with Crippen LogP contribution in [0.15, 0.2) is 105 Å². The van der Waals surface area contributed by atoms with Crippen molar-refractivity contribution < 1.29 is 23.2 Å². The van der Waals surface area contributed by atoms with E-state index < -0.39 is 17.5 Å². The summed E-state index contributed by atoms with van der Waals surface area (Å²) in [7, 11) is 0. The molecule has 4 aromatic rings. The number of unbranched alkanes of at least 4 members (excludes halogenated alkanes) is 3. The topological polar surface area (TPSA) is 94.1 Å². The Hall–Kier alpha value is -3.79. The first-order chi connectivity index (χ1) is 22.2. The van der Waals surface area contributed by atoms with E-state index in [0.29, 0.717) is 31.2 Å². The molecular formula is C37H46N2O6S. The van der Waals surface area contributed by atoms with Crippen LogP contribution in [0.3, 0.4) is 0 Å². The van der Waals surface area contributed by atoms with E-state index in [9.17, 15) is 9.59 Å². The Morgan fingerprint density at radius 3 is 1.83 bits per heavy atom. The summed E-state index contributed by atoms with van der Waals surface area (Å²) >= 11 is 1.99. The number of hydroxylamine groups is 2. The number of hydrogen-bond acceptors (Lipinski definition) is 8. The Kier molecular flexibility index (Phi) is 13.1. The summed E-state index contributed by atoms with van der Waals surface area (Å²) in [6.07, 6.45) is 3.60. The fraction of sp³-hybridized carbons (Fsp3) is 0.405. The number of ether oxygens (including phenoxy) is 1. The van der Waals surface area contributed by atoms with E-state index in [-0.39, 0.29) is 11.4 Å². The van der Waals surface area contributed by atoms with E-state index in [4.69, 9.17) is 18.4 Å². The summed E-state index contributed by atoms with van der Waals surface area (Å²) in [5, 5.41) is 4.57. The zero-order chi connectivity index (χ0) is 32.8. The Morgan fingerprint density at radius 2 is 1.33 bits per heavy atom. The average molecular weight is 647 g/mol. The maximum absolute atomic E-state index is 12.1. The summed E-state index contributed by atoms with van der Waals surface area (Å²) in [6, 6.07) is 32.3. The lowest BCUT2D eigenvalue weighted by Gasteiger charge is -2.35. The van der Waals surface area contributed by atoms with Gasteiger partial charge in [-0.05, 0) is 63.0 Å². The van der Waals surface area contributed by atoms with Crippen molar-refractivity contribution >= 4 is 17.9 Å². The molecule has 246 valence electrons. The van der Waals surface area contributed by atoms with Gasteiger partial charge in [-0.1, -0.05) is 104 Å². The van der Waals surface area contributed by atoms with Gasteiger partial charge in [-0.15, -0.1) is 11.8 Å². The molecule has 1 heterocycles. The van der Waals surface area contributed by atoms with Gasteiger partial charge in [0.25, 0.3) is 0 Å². The molecule has 0 saturated heterocycles. The van der Waals surface area contributed by atoms with Crippen LogP contribution in [-0.2, 0) is 20.9 Å². The molecule has 0 aliphatic rings. The monoisotopic (exact) mass is 646 g/mol. The van der Waals surface area contributed by atoms with Crippen molar-refractivity contribution in [3.8, 4) is 0 Å². The number of alkyl carbamates (subject to hydrolysis) is 1. The maximum Gasteiger partial charge on any atom is 0.519 e. The number of benzene rings is 3. The number of carbonyl (C=O) groups is 1. The standard InChI is InChI=1S/C37H46N2O6S/c1-29-33(44-35(41)43-29)28-42-39(26-24-38-34(40)45-36(2,3)4)25-16-5-6-17-27-46-37(30-18-10-7-11-19-30,31-20-12-8-13-21-31)32-22-14-9-15-23-32/h7-15,18-23H,5-6,16-17,24-28H2,1-4H3,(H,38,40). The van der Waals surface area contributed by atoms with Crippen molar-refractivity contribution in [1.82, 2.24) is 10.4 Å². The van der Waals surface area contributed by atoms with Gasteiger partial charge in [-0.3, -0.25) is 4.84 Å². The van der Waals surface area contributed by atoms with Gasteiger partial charge in [-0.25, -0.2) is 9.59 Å². The molecule has 0 radical (unpaired) electrons. The third kappa shape index (κ3) is 10.4. The van der Waals surface area contributed by atoms with Crippen LogP contribution in [0, 0.1) is 6.92 Å². The Morgan fingerprint density at radius 1 is 0.783 bits per heavy atom. The van der Waals surface area contributed by atoms with Gasteiger partial charge >= 0.3 is 11.9 Å². The molecule has 1 N–H and O–H groups in total. The van der Waals surface area contributed by atoms with Gasteiger partial charge in [0.05, 0.1) is 4.75 Å². The van der Waals surface area contributed by atoms with Crippen molar-refractivity contribution in [3.63, 3.8) is 0 Å². The third-order valence-electron chi connectivity index (χ3n) is 7.40. The second-order valence-corrected chi connectivity index (χ2v) is 13.4. The smallest absolute Gasteiger partial charge is 0.444 e. The molecule has 0 saturated carbocycles. The molecule has 0 bridgehead atoms. The summed E-state index contributed by atoms with van der Waals surface area (Å²) < 4.78 is 15.1. The zero-order valence-corrected chi connectivity index (χ0v) is 28.1. The van der Waals surface area contributed by atoms with Crippen LogP contribution in [0.5, 0.6) is 0 Å². The molecule has 46 heavy (non-hydrogen) atoms. The molecule has 1 amide bonds. The normalized spacial score (nSPS) is 11.9. The Bertz CT molecular complexity index is 1420. The molecule has 0 unspecified atom stereocenters. The quantitative estimate of drug-likeness (QED) is 0.0699. The second-order valence-electron chi connectivity index (χ2n) is 12.1. The van der Waals surface area contributed by atoms with Crippen molar-refractivity contribution in [1.29, 1.82) is 0 Å². The van der Waals surface area contributed by atoms with Crippen molar-refractivity contribution in [3.05, 3.63) is 130 Å². The molecule has 0 atom stereocenters. The van der Waals surface area contributed by atoms with E-state index in [1.807, 2.05) is 32.5 Å². The highest BCUT2D eigenvalue weighted by atomic mass is 32.2. The molecule has 8 nitrogen and oxygen atoms in total. The first kappa shape index (κ1) is 35.1. The van der Waals surface area contributed by atoms with Crippen LogP contribution >= 0.6 is 11.8 Å². The van der Waals surface area contributed by atoms with E-state index in [2.05, 4.69) is 96.3 Å². The minimum absolute atomic E-state index is 0.0706. The fourth-order valence-electron chi connectivity index (χ4n) is 5.23. The van der Waals surface area contributed by atoms with E-state index in [1.54, 1.807) is 12.0 Å².